The SMILES string of the molecule is CC(=O)c1ccc2c(c1)ncn2-c1cccc(N2CCN(C)CC2)c1.CCOC(=O)/C=C/c1ccc2c(c1)ncn2-c1cccc(N2CCN(C)CC2)c1.CCOC(=O)CP(=O)(OCC)OCC.[H-].[Na+]. The van der Waals surface area contributed by atoms with Gasteiger partial charge in [0, 0.05) is 86.7 Å². The first-order chi connectivity index (χ1) is 32.8. The van der Waals surface area contributed by atoms with E-state index in [-0.39, 0.29) is 68.7 Å². The molecular weight excluding hydrogens is 907 g/mol. The van der Waals surface area contributed by atoms with Crippen LogP contribution in [0.5, 0.6) is 0 Å². The summed E-state index contributed by atoms with van der Waals surface area (Å²) in [5.41, 5.74) is 10.1. The Morgan fingerprint density at radius 3 is 1.58 bits per heavy atom. The second-order valence-corrected chi connectivity index (χ2v) is 18.4. The molecular formula is C51H66N8NaO8P. The minimum absolute atomic E-state index is 0. The molecule has 4 aromatic carbocycles. The zero-order chi connectivity index (χ0) is 48.6. The molecule has 69 heavy (non-hydrogen) atoms. The first-order valence-corrected chi connectivity index (χ1v) is 25.0. The Kier molecular flexibility index (Phi) is 21.2. The Bertz CT molecular complexity index is 2710. The molecule has 8 rings (SSSR count). The molecule has 0 saturated carbocycles. The van der Waals surface area contributed by atoms with E-state index in [1.54, 1.807) is 40.7 Å². The number of hydrogen-bond donors (Lipinski definition) is 0. The van der Waals surface area contributed by atoms with Crippen molar-refractivity contribution >= 4 is 64.8 Å². The van der Waals surface area contributed by atoms with Crippen LogP contribution < -0.4 is 39.4 Å². The number of rotatable bonds is 15. The van der Waals surface area contributed by atoms with Crippen molar-refractivity contribution in [3.8, 4) is 11.4 Å². The van der Waals surface area contributed by atoms with Gasteiger partial charge in [0.2, 0.25) is 0 Å². The molecule has 0 unspecified atom stereocenters. The number of carbonyl (C=O) groups excluding carboxylic acids is 3. The molecule has 364 valence electrons. The number of Topliss-reactive ketones (excluding diaryl/α,β-unsaturated/α-hetero) is 1. The number of fused-ring (bicyclic) bond motifs is 2. The standard InChI is InChI=1S/C23H26N4O2.C20H22N4O.C8H17O5P.Na.H/c1-3-29-23(28)10-8-18-7-9-22-21(15-18)24-17-27(22)20-6-4-5-19(16-20)26-13-11-25(2)12-14-26;1-15(25)16-6-7-20-19(12-16)21-14-24(20)18-5-3-4-17(13-18)23-10-8-22(2)9-11-23;1-4-11-8(9)7-14(10,12-5-2)13-6-3;;/h4-10,15-17H,3,11-14H2,1-2H3;3-7,12-14H,8-11H2,1-2H3;4-7H2,1-3H3;;/q;;;+1;-1/b10-8+;;;;. The van der Waals surface area contributed by atoms with E-state index in [1.165, 1.54) is 17.5 Å². The van der Waals surface area contributed by atoms with Crippen LogP contribution in [-0.4, -0.2) is 146 Å². The Morgan fingerprint density at radius 2 is 1.10 bits per heavy atom. The van der Waals surface area contributed by atoms with E-state index in [9.17, 15) is 18.9 Å². The summed E-state index contributed by atoms with van der Waals surface area (Å²) >= 11 is 0. The monoisotopic (exact) mass is 972 g/mol. The number of imidazole rings is 2. The van der Waals surface area contributed by atoms with Gasteiger partial charge in [0.25, 0.3) is 0 Å². The van der Waals surface area contributed by atoms with E-state index < -0.39 is 13.6 Å². The van der Waals surface area contributed by atoms with Crippen molar-refractivity contribution in [3.63, 3.8) is 0 Å². The van der Waals surface area contributed by atoms with Gasteiger partial charge in [0.05, 0.1) is 48.5 Å². The maximum atomic E-state index is 11.8. The fourth-order valence-corrected chi connectivity index (χ4v) is 9.28. The summed E-state index contributed by atoms with van der Waals surface area (Å²) < 4.78 is 35.4. The van der Waals surface area contributed by atoms with Crippen LogP contribution in [0.1, 0.15) is 52.0 Å². The third-order valence-electron chi connectivity index (χ3n) is 11.5. The number of benzene rings is 4. The minimum atomic E-state index is -3.28. The Hall–Kier alpha value is -5.16. The van der Waals surface area contributed by atoms with Crippen molar-refractivity contribution in [2.45, 2.75) is 34.6 Å². The first kappa shape index (κ1) is 54.8. The van der Waals surface area contributed by atoms with Crippen LogP contribution in [0.4, 0.5) is 11.4 Å². The average Bonchev–Trinajstić information content (AvgIpc) is 3.96. The van der Waals surface area contributed by atoms with Crippen molar-refractivity contribution in [2.75, 3.05) is 109 Å². The summed E-state index contributed by atoms with van der Waals surface area (Å²) in [5.74, 6) is -0.829. The molecule has 2 saturated heterocycles. The van der Waals surface area contributed by atoms with Crippen molar-refractivity contribution in [3.05, 3.63) is 115 Å². The fraction of sp³-hybridized carbons (Fsp3) is 0.392. The molecule has 0 atom stereocenters. The molecule has 2 aliphatic rings. The van der Waals surface area contributed by atoms with Gasteiger partial charge in [-0.15, -0.1) is 0 Å². The van der Waals surface area contributed by atoms with Gasteiger partial charge < -0.3 is 39.5 Å². The number of nitrogens with zero attached hydrogens (tertiary/aromatic N) is 8. The van der Waals surface area contributed by atoms with E-state index in [0.717, 1.165) is 91.4 Å². The number of anilines is 2. The number of likely N-dealkylation sites (N-methyl/N-ethyl adjacent to an activating group) is 2. The fourth-order valence-electron chi connectivity index (χ4n) is 7.83. The Labute approximate surface area is 429 Å². The third kappa shape index (κ3) is 15.4. The van der Waals surface area contributed by atoms with Crippen LogP contribution >= 0.6 is 7.60 Å². The molecule has 0 N–H and O–H groups in total. The zero-order valence-corrected chi connectivity index (χ0v) is 44.3. The average molecular weight is 973 g/mol. The predicted molar refractivity (Wildman–Crippen MR) is 271 cm³/mol. The molecule has 0 amide bonds. The summed E-state index contributed by atoms with van der Waals surface area (Å²) in [7, 11) is 1.06. The second-order valence-electron chi connectivity index (χ2n) is 16.4. The summed E-state index contributed by atoms with van der Waals surface area (Å²) in [6, 6.07) is 28.9. The number of carbonyl (C=O) groups is 3. The molecule has 0 spiro atoms. The number of esters is 2. The van der Waals surface area contributed by atoms with Gasteiger partial charge in [0.1, 0.15) is 18.8 Å². The molecule has 2 fully saturated rings. The number of aromatic nitrogens is 4. The van der Waals surface area contributed by atoms with Crippen LogP contribution in [0.2, 0.25) is 0 Å². The molecule has 0 radical (unpaired) electrons. The van der Waals surface area contributed by atoms with Gasteiger partial charge in [-0.05, 0) is 127 Å². The van der Waals surface area contributed by atoms with Gasteiger partial charge in [-0.3, -0.25) is 23.3 Å². The van der Waals surface area contributed by atoms with Crippen molar-refractivity contribution in [2.24, 2.45) is 0 Å². The summed E-state index contributed by atoms with van der Waals surface area (Å²) in [4.78, 5) is 52.8. The summed E-state index contributed by atoms with van der Waals surface area (Å²) in [5, 5.41) is 0. The largest absolute Gasteiger partial charge is 1.00 e. The maximum absolute atomic E-state index is 11.8. The molecule has 0 bridgehead atoms. The molecule has 2 aliphatic heterocycles. The van der Waals surface area contributed by atoms with Crippen LogP contribution in [0.3, 0.4) is 0 Å². The molecule has 16 nitrogen and oxygen atoms in total. The number of ketones is 1. The Morgan fingerprint density at radius 1 is 0.623 bits per heavy atom. The normalized spacial score (nSPS) is 14.4. The van der Waals surface area contributed by atoms with Gasteiger partial charge in [-0.2, -0.15) is 0 Å². The van der Waals surface area contributed by atoms with E-state index in [4.69, 9.17) is 13.8 Å². The van der Waals surface area contributed by atoms with Crippen LogP contribution in [-0.2, 0) is 32.7 Å². The second kappa shape index (κ2) is 26.7. The van der Waals surface area contributed by atoms with Crippen LogP contribution in [0.15, 0.2) is 104 Å². The molecule has 6 aromatic rings. The number of piperazine rings is 2. The van der Waals surface area contributed by atoms with E-state index in [1.807, 2.05) is 49.1 Å². The zero-order valence-electron chi connectivity index (χ0n) is 42.4. The smallest absolute Gasteiger partial charge is 1.00 e. The molecule has 18 heteroatoms. The van der Waals surface area contributed by atoms with E-state index in [0.29, 0.717) is 12.2 Å². The van der Waals surface area contributed by atoms with E-state index >= 15 is 0 Å². The first-order valence-electron chi connectivity index (χ1n) is 23.2. The van der Waals surface area contributed by atoms with Gasteiger partial charge in [0.15, 0.2) is 5.78 Å². The van der Waals surface area contributed by atoms with Gasteiger partial charge in [-0.1, -0.05) is 18.2 Å². The van der Waals surface area contributed by atoms with Crippen LogP contribution in [0.25, 0.3) is 39.5 Å². The number of hydrogen-bond acceptors (Lipinski definition) is 14. The summed E-state index contributed by atoms with van der Waals surface area (Å²) in [6.07, 6.45) is 6.57. The van der Waals surface area contributed by atoms with E-state index in [2.05, 4.69) is 106 Å². The van der Waals surface area contributed by atoms with Crippen molar-refractivity contribution in [1.29, 1.82) is 0 Å². The van der Waals surface area contributed by atoms with Crippen molar-refractivity contribution in [1.82, 2.24) is 28.9 Å². The molecule has 4 heterocycles. The van der Waals surface area contributed by atoms with Gasteiger partial charge >= 0.3 is 49.1 Å². The minimum Gasteiger partial charge on any atom is -1.00 e. The third-order valence-corrected chi connectivity index (χ3v) is 13.4. The topological polar surface area (TPSA) is 154 Å². The molecule has 2 aromatic heterocycles. The maximum Gasteiger partial charge on any atom is 1.00 e. The number of ether oxygens (including phenoxy) is 2. The van der Waals surface area contributed by atoms with Crippen LogP contribution in [0, 0.1) is 0 Å². The van der Waals surface area contributed by atoms with Gasteiger partial charge in [-0.25, -0.2) is 14.8 Å². The summed E-state index contributed by atoms with van der Waals surface area (Å²) in [6.45, 7) is 18.1. The predicted octanol–water partition coefficient (Wildman–Crippen LogP) is 5.27. The Balaban J connectivity index is 0.000000239. The molecule has 0 aliphatic carbocycles. The quantitative estimate of drug-likeness (QED) is 0.0432. The van der Waals surface area contributed by atoms with Crippen molar-refractivity contribution < 1.29 is 68.5 Å².